The van der Waals surface area contributed by atoms with E-state index in [1.807, 2.05) is 54.6 Å². The lowest BCUT2D eigenvalue weighted by Gasteiger charge is -2.10. The largest absolute Gasteiger partial charge is 0.345 e. The van der Waals surface area contributed by atoms with Crippen molar-refractivity contribution in [2.75, 3.05) is 14.1 Å². The van der Waals surface area contributed by atoms with Crippen LogP contribution < -0.4 is 0 Å². The van der Waals surface area contributed by atoms with Crippen molar-refractivity contribution < 1.29 is 4.79 Å². The van der Waals surface area contributed by atoms with Crippen LogP contribution in [-0.4, -0.2) is 29.9 Å². The smallest absolute Gasteiger partial charge is 0.253 e. The molecule has 0 atom stereocenters. The second-order valence-corrected chi connectivity index (χ2v) is 5.75. The first-order valence-corrected chi connectivity index (χ1v) is 7.31. The van der Waals surface area contributed by atoms with Gasteiger partial charge in [0, 0.05) is 35.6 Å². The highest BCUT2D eigenvalue weighted by atomic mass is 35.5. The highest BCUT2D eigenvalue weighted by Gasteiger charge is 2.08. The van der Waals surface area contributed by atoms with Crippen LogP contribution in [0.4, 0.5) is 0 Å². The molecule has 0 saturated carbocycles. The minimum absolute atomic E-state index is 0.00679. The Morgan fingerprint density at radius 1 is 1.00 bits per heavy atom. The van der Waals surface area contributed by atoms with Crippen LogP contribution in [0.15, 0.2) is 54.6 Å². The van der Waals surface area contributed by atoms with E-state index in [0.29, 0.717) is 10.6 Å². The maximum Gasteiger partial charge on any atom is 0.253 e. The Morgan fingerprint density at radius 2 is 1.73 bits per heavy atom. The fraction of sp³-hybridized carbons (Fsp3) is 0.111. The number of aromatic nitrogens is 1. The van der Waals surface area contributed by atoms with E-state index in [1.165, 1.54) is 0 Å². The zero-order valence-electron chi connectivity index (χ0n) is 12.4. The van der Waals surface area contributed by atoms with Crippen molar-refractivity contribution in [2.45, 2.75) is 0 Å². The summed E-state index contributed by atoms with van der Waals surface area (Å²) in [5.74, 6) is -0.00679. The zero-order chi connectivity index (χ0) is 15.7. The third kappa shape index (κ3) is 2.81. The molecule has 0 fully saturated rings. The van der Waals surface area contributed by atoms with E-state index in [0.717, 1.165) is 22.2 Å². The maximum atomic E-state index is 11.9. The van der Waals surface area contributed by atoms with Crippen molar-refractivity contribution in [3.8, 4) is 11.3 Å². The molecule has 0 spiro atoms. The van der Waals surface area contributed by atoms with E-state index in [-0.39, 0.29) is 5.91 Å². The third-order valence-electron chi connectivity index (χ3n) is 3.49. The van der Waals surface area contributed by atoms with E-state index < -0.39 is 0 Å². The lowest BCUT2D eigenvalue weighted by atomic mass is 10.1. The van der Waals surface area contributed by atoms with Crippen LogP contribution in [0, 0.1) is 0 Å². The molecule has 3 rings (SSSR count). The number of carbonyl (C=O) groups excluding carboxylic acids is 1. The lowest BCUT2D eigenvalue weighted by molar-refractivity contribution is 0.0827. The van der Waals surface area contributed by atoms with Crippen molar-refractivity contribution in [1.29, 1.82) is 0 Å². The lowest BCUT2D eigenvalue weighted by Crippen LogP contribution is -2.21. The van der Waals surface area contributed by atoms with Crippen LogP contribution in [0.5, 0.6) is 0 Å². The summed E-state index contributed by atoms with van der Waals surface area (Å²) in [4.78, 5) is 18.1. The van der Waals surface area contributed by atoms with Gasteiger partial charge in [0.2, 0.25) is 0 Å². The highest BCUT2D eigenvalue weighted by Crippen LogP contribution is 2.23. The Balaban J connectivity index is 1.97. The van der Waals surface area contributed by atoms with Gasteiger partial charge in [-0.1, -0.05) is 29.8 Å². The summed E-state index contributed by atoms with van der Waals surface area (Å²) in [6.07, 6.45) is 0. The first-order valence-electron chi connectivity index (χ1n) is 6.93. The molecule has 0 N–H and O–H groups in total. The number of benzene rings is 2. The molecule has 3 aromatic rings. The molecule has 0 unspecified atom stereocenters. The second-order valence-electron chi connectivity index (χ2n) is 5.31. The van der Waals surface area contributed by atoms with Crippen molar-refractivity contribution >= 4 is 28.4 Å². The number of nitrogens with zero attached hydrogens (tertiary/aromatic N) is 2. The van der Waals surface area contributed by atoms with E-state index in [2.05, 4.69) is 4.98 Å². The SMILES string of the molecule is CN(C)C(=O)c1ccc(-c2ccc3cc(Cl)ccc3n2)cc1. The average molecular weight is 311 g/mol. The van der Waals surface area contributed by atoms with E-state index in [9.17, 15) is 4.79 Å². The standard InChI is InChI=1S/C18H15ClN2O/c1-21(2)18(22)13-5-3-12(4-6-13)16-9-7-14-11-15(19)8-10-17(14)20-16/h3-11H,1-2H3. The molecule has 0 aliphatic heterocycles. The summed E-state index contributed by atoms with van der Waals surface area (Å²) in [5.41, 5.74) is 3.42. The number of hydrogen-bond donors (Lipinski definition) is 0. The van der Waals surface area contributed by atoms with Crippen molar-refractivity contribution in [2.24, 2.45) is 0 Å². The van der Waals surface area contributed by atoms with Gasteiger partial charge in [0.25, 0.3) is 5.91 Å². The van der Waals surface area contributed by atoms with Crippen LogP contribution >= 0.6 is 11.6 Å². The van der Waals surface area contributed by atoms with Gasteiger partial charge in [0.15, 0.2) is 0 Å². The van der Waals surface area contributed by atoms with Crippen LogP contribution in [0.1, 0.15) is 10.4 Å². The Labute approximate surface area is 134 Å². The van der Waals surface area contributed by atoms with Crippen LogP contribution in [0.3, 0.4) is 0 Å². The van der Waals surface area contributed by atoms with Crippen LogP contribution in [0.25, 0.3) is 22.2 Å². The molecule has 3 nitrogen and oxygen atoms in total. The summed E-state index contributed by atoms with van der Waals surface area (Å²) < 4.78 is 0. The maximum absolute atomic E-state index is 11.9. The third-order valence-corrected chi connectivity index (χ3v) is 3.72. The van der Waals surface area contributed by atoms with Crippen molar-refractivity contribution in [3.05, 3.63) is 65.2 Å². The molecular weight excluding hydrogens is 296 g/mol. The van der Waals surface area contributed by atoms with Gasteiger partial charge in [-0.05, 0) is 36.4 Å². The summed E-state index contributed by atoms with van der Waals surface area (Å²) in [6, 6.07) is 17.1. The molecule has 22 heavy (non-hydrogen) atoms. The number of hydrogen-bond acceptors (Lipinski definition) is 2. The normalized spacial score (nSPS) is 10.7. The van der Waals surface area contributed by atoms with Crippen LogP contribution in [-0.2, 0) is 0 Å². The second kappa shape index (κ2) is 5.78. The molecule has 1 heterocycles. The van der Waals surface area contributed by atoms with Gasteiger partial charge < -0.3 is 4.90 Å². The Bertz CT molecular complexity index is 841. The molecule has 4 heteroatoms. The Hall–Kier alpha value is -2.39. The molecule has 110 valence electrons. The first kappa shape index (κ1) is 14.5. The molecular formula is C18H15ClN2O. The van der Waals surface area contributed by atoms with E-state index >= 15 is 0 Å². The monoisotopic (exact) mass is 310 g/mol. The van der Waals surface area contributed by atoms with E-state index in [1.54, 1.807) is 19.0 Å². The fourth-order valence-electron chi connectivity index (χ4n) is 2.30. The van der Waals surface area contributed by atoms with Crippen molar-refractivity contribution in [3.63, 3.8) is 0 Å². The number of carbonyl (C=O) groups is 1. The summed E-state index contributed by atoms with van der Waals surface area (Å²) >= 11 is 5.98. The molecule has 1 amide bonds. The van der Waals surface area contributed by atoms with Gasteiger partial charge in [-0.15, -0.1) is 0 Å². The molecule has 1 aromatic heterocycles. The Morgan fingerprint density at radius 3 is 2.41 bits per heavy atom. The number of fused-ring (bicyclic) bond motifs is 1. The molecule has 0 bridgehead atoms. The number of amides is 1. The molecule has 0 aliphatic carbocycles. The summed E-state index contributed by atoms with van der Waals surface area (Å²) in [6.45, 7) is 0. The summed E-state index contributed by atoms with van der Waals surface area (Å²) in [7, 11) is 3.48. The van der Waals surface area contributed by atoms with Crippen LogP contribution in [0.2, 0.25) is 5.02 Å². The molecule has 2 aromatic carbocycles. The predicted molar refractivity (Wildman–Crippen MR) is 90.2 cm³/mol. The number of halogens is 1. The Kier molecular flexibility index (Phi) is 3.82. The van der Waals surface area contributed by atoms with Gasteiger partial charge in [-0.2, -0.15) is 0 Å². The number of rotatable bonds is 2. The molecule has 0 aliphatic rings. The molecule has 0 radical (unpaired) electrons. The van der Waals surface area contributed by atoms with Gasteiger partial charge in [-0.25, -0.2) is 4.98 Å². The first-order chi connectivity index (χ1) is 10.5. The zero-order valence-corrected chi connectivity index (χ0v) is 13.1. The topological polar surface area (TPSA) is 33.2 Å². The van der Waals surface area contributed by atoms with E-state index in [4.69, 9.17) is 11.6 Å². The number of pyridine rings is 1. The minimum atomic E-state index is -0.00679. The van der Waals surface area contributed by atoms with Gasteiger partial charge >= 0.3 is 0 Å². The highest BCUT2D eigenvalue weighted by molar-refractivity contribution is 6.31. The average Bonchev–Trinajstić information content (AvgIpc) is 2.53. The predicted octanol–water partition coefficient (Wildman–Crippen LogP) is 4.26. The summed E-state index contributed by atoms with van der Waals surface area (Å²) in [5, 5.41) is 1.71. The minimum Gasteiger partial charge on any atom is -0.345 e. The molecule has 0 saturated heterocycles. The van der Waals surface area contributed by atoms with Gasteiger partial charge in [-0.3, -0.25) is 4.79 Å². The quantitative estimate of drug-likeness (QED) is 0.708. The van der Waals surface area contributed by atoms with Crippen molar-refractivity contribution in [1.82, 2.24) is 9.88 Å². The fourth-order valence-corrected chi connectivity index (χ4v) is 2.48. The van der Waals surface area contributed by atoms with Gasteiger partial charge in [0.05, 0.1) is 11.2 Å². The van der Waals surface area contributed by atoms with Gasteiger partial charge in [0.1, 0.15) is 0 Å².